The molecular weight excluding hydrogens is 320 g/mol. The van der Waals surface area contributed by atoms with E-state index in [0.717, 1.165) is 11.1 Å². The fourth-order valence-electron chi connectivity index (χ4n) is 2.70. The summed E-state index contributed by atoms with van der Waals surface area (Å²) in [7, 11) is 0. The molecule has 1 aliphatic rings. The lowest BCUT2D eigenvalue weighted by Gasteiger charge is -2.13. The first-order valence-electron chi connectivity index (χ1n) is 7.54. The summed E-state index contributed by atoms with van der Waals surface area (Å²) in [6.45, 7) is 0. The number of hydrogen-bond donors (Lipinski definition) is 2. The third-order valence-corrected chi connectivity index (χ3v) is 3.83. The molecule has 25 heavy (non-hydrogen) atoms. The van der Waals surface area contributed by atoms with Crippen LogP contribution in [0.5, 0.6) is 0 Å². The molecule has 7 heteroatoms. The summed E-state index contributed by atoms with van der Waals surface area (Å²) in [5.74, 6) is -0.796. The zero-order valence-electron chi connectivity index (χ0n) is 12.9. The van der Waals surface area contributed by atoms with Crippen LogP contribution < -0.4 is 10.6 Å². The first-order chi connectivity index (χ1) is 12.1. The van der Waals surface area contributed by atoms with Gasteiger partial charge in [-0.1, -0.05) is 36.4 Å². The normalized spacial score (nSPS) is 14.4. The van der Waals surface area contributed by atoms with Crippen molar-refractivity contribution < 1.29 is 14.4 Å². The number of fused-ring (bicyclic) bond motifs is 1. The fourth-order valence-corrected chi connectivity index (χ4v) is 2.70. The molecule has 0 saturated carbocycles. The van der Waals surface area contributed by atoms with Gasteiger partial charge in [0, 0.05) is 11.8 Å². The predicted molar refractivity (Wildman–Crippen MR) is 90.3 cm³/mol. The van der Waals surface area contributed by atoms with Crippen LogP contribution in [-0.4, -0.2) is 27.2 Å². The van der Waals surface area contributed by atoms with E-state index in [1.807, 2.05) is 59.1 Å². The maximum atomic E-state index is 11.9. The number of carbonyl (C=O) groups is 3. The van der Waals surface area contributed by atoms with Gasteiger partial charge in [0.2, 0.25) is 0 Å². The number of hydrogen-bond acceptors (Lipinski definition) is 4. The predicted octanol–water partition coefficient (Wildman–Crippen LogP) is 1.75. The van der Waals surface area contributed by atoms with Gasteiger partial charge in [-0.2, -0.15) is 0 Å². The summed E-state index contributed by atoms with van der Waals surface area (Å²) in [5, 5.41) is 4.11. The summed E-state index contributed by atoms with van der Waals surface area (Å²) in [4.78, 5) is 39.6. The van der Waals surface area contributed by atoms with E-state index in [-0.39, 0.29) is 5.57 Å². The lowest BCUT2D eigenvalue weighted by molar-refractivity contribution is -0.123. The minimum Gasteiger partial charge on any atom is -0.299 e. The number of rotatable bonds is 2. The first-order valence-corrected chi connectivity index (χ1v) is 7.54. The van der Waals surface area contributed by atoms with Crippen LogP contribution in [0.4, 0.5) is 4.79 Å². The number of barbiturate groups is 1. The Bertz CT molecular complexity index is 1030. The van der Waals surface area contributed by atoms with Gasteiger partial charge in [-0.15, -0.1) is 0 Å². The van der Waals surface area contributed by atoms with Crippen molar-refractivity contribution in [2.24, 2.45) is 0 Å². The van der Waals surface area contributed by atoms with Crippen molar-refractivity contribution >= 4 is 29.4 Å². The van der Waals surface area contributed by atoms with Gasteiger partial charge in [-0.25, -0.2) is 9.78 Å². The monoisotopic (exact) mass is 332 g/mol. The van der Waals surface area contributed by atoms with Gasteiger partial charge < -0.3 is 0 Å². The average Bonchev–Trinajstić information content (AvgIpc) is 2.98. The Balaban J connectivity index is 1.89. The molecule has 0 atom stereocenters. The van der Waals surface area contributed by atoms with Crippen molar-refractivity contribution in [3.63, 3.8) is 0 Å². The van der Waals surface area contributed by atoms with Crippen LogP contribution in [0, 0.1) is 0 Å². The Morgan fingerprint density at radius 2 is 1.56 bits per heavy atom. The number of benzene rings is 1. The second-order valence-corrected chi connectivity index (χ2v) is 5.44. The molecule has 1 aromatic carbocycles. The standard InChI is InChI=1S/C18H12N4O3/c23-16-12(17(24)21-18(25)20-16)10-13-14-8-4-5-9-22(14)15(19-13)11-6-2-1-3-7-11/h1-10H,(H2,20,21,23,24,25). The van der Waals surface area contributed by atoms with E-state index in [4.69, 9.17) is 0 Å². The number of imidazole rings is 1. The minimum absolute atomic E-state index is 0.164. The molecule has 4 amide bonds. The van der Waals surface area contributed by atoms with Gasteiger partial charge in [0.05, 0.1) is 11.2 Å². The molecule has 4 rings (SSSR count). The number of imide groups is 2. The van der Waals surface area contributed by atoms with Gasteiger partial charge in [-0.3, -0.25) is 24.6 Å². The van der Waals surface area contributed by atoms with E-state index in [1.54, 1.807) is 0 Å². The van der Waals surface area contributed by atoms with Crippen LogP contribution in [0.2, 0.25) is 0 Å². The number of aromatic nitrogens is 2. The number of carbonyl (C=O) groups excluding carboxylic acids is 3. The van der Waals surface area contributed by atoms with Crippen molar-refractivity contribution in [3.05, 3.63) is 66.0 Å². The second-order valence-electron chi connectivity index (χ2n) is 5.44. The molecule has 0 radical (unpaired) electrons. The second kappa shape index (κ2) is 5.72. The quantitative estimate of drug-likeness (QED) is 0.552. The Labute approximate surface area is 142 Å². The van der Waals surface area contributed by atoms with E-state index >= 15 is 0 Å². The molecule has 0 aliphatic carbocycles. The molecular formula is C18H12N4O3. The van der Waals surface area contributed by atoms with Gasteiger partial charge in [-0.05, 0) is 18.2 Å². The van der Waals surface area contributed by atoms with Crippen molar-refractivity contribution in [1.29, 1.82) is 0 Å². The van der Waals surface area contributed by atoms with Gasteiger partial charge in [0.1, 0.15) is 11.4 Å². The highest BCUT2D eigenvalue weighted by Crippen LogP contribution is 2.24. The summed E-state index contributed by atoms with van der Waals surface area (Å²) < 4.78 is 1.88. The molecule has 122 valence electrons. The molecule has 1 saturated heterocycles. The largest absolute Gasteiger partial charge is 0.328 e. The maximum Gasteiger partial charge on any atom is 0.328 e. The Morgan fingerprint density at radius 3 is 2.28 bits per heavy atom. The molecule has 2 N–H and O–H groups in total. The fraction of sp³-hybridized carbons (Fsp3) is 0. The number of urea groups is 1. The van der Waals surface area contributed by atoms with Crippen LogP contribution in [-0.2, 0) is 9.59 Å². The van der Waals surface area contributed by atoms with Crippen molar-refractivity contribution in [2.75, 3.05) is 0 Å². The topological polar surface area (TPSA) is 92.6 Å². The van der Waals surface area contributed by atoms with Crippen LogP contribution in [0.1, 0.15) is 5.69 Å². The molecule has 0 bridgehead atoms. The van der Waals surface area contributed by atoms with Crippen LogP contribution in [0.15, 0.2) is 60.3 Å². The van der Waals surface area contributed by atoms with Gasteiger partial charge in [0.25, 0.3) is 11.8 Å². The third kappa shape index (κ3) is 2.57. The van der Waals surface area contributed by atoms with Gasteiger partial charge >= 0.3 is 6.03 Å². The van der Waals surface area contributed by atoms with E-state index in [0.29, 0.717) is 11.5 Å². The number of nitrogens with zero attached hydrogens (tertiary/aromatic N) is 2. The highest BCUT2D eigenvalue weighted by Gasteiger charge is 2.28. The highest BCUT2D eigenvalue weighted by atomic mass is 16.2. The number of pyridine rings is 1. The highest BCUT2D eigenvalue weighted by molar-refractivity contribution is 6.31. The molecule has 7 nitrogen and oxygen atoms in total. The van der Waals surface area contributed by atoms with Crippen molar-refractivity contribution in [2.45, 2.75) is 0 Å². The number of amides is 4. The lowest BCUT2D eigenvalue weighted by Crippen LogP contribution is -2.51. The summed E-state index contributed by atoms with van der Waals surface area (Å²) in [6, 6.07) is 14.3. The van der Waals surface area contributed by atoms with Gasteiger partial charge in [0.15, 0.2) is 0 Å². The van der Waals surface area contributed by atoms with Crippen LogP contribution in [0.3, 0.4) is 0 Å². The molecule has 3 heterocycles. The van der Waals surface area contributed by atoms with E-state index < -0.39 is 17.8 Å². The molecule has 0 unspecified atom stereocenters. The molecule has 0 spiro atoms. The maximum absolute atomic E-state index is 11.9. The van der Waals surface area contributed by atoms with Crippen LogP contribution in [0.25, 0.3) is 23.0 Å². The third-order valence-electron chi connectivity index (χ3n) is 3.83. The zero-order valence-corrected chi connectivity index (χ0v) is 12.9. The molecule has 1 fully saturated rings. The van der Waals surface area contributed by atoms with Crippen LogP contribution >= 0.6 is 0 Å². The Morgan fingerprint density at radius 1 is 0.880 bits per heavy atom. The average molecular weight is 332 g/mol. The summed E-state index contributed by atoms with van der Waals surface area (Å²) in [6.07, 6.45) is 3.25. The zero-order chi connectivity index (χ0) is 17.4. The van der Waals surface area contributed by atoms with Crippen molar-refractivity contribution in [1.82, 2.24) is 20.0 Å². The minimum atomic E-state index is -0.827. The Kier molecular flexibility index (Phi) is 3.39. The van der Waals surface area contributed by atoms with E-state index in [9.17, 15) is 14.4 Å². The smallest absolute Gasteiger partial charge is 0.299 e. The molecule has 2 aromatic heterocycles. The van der Waals surface area contributed by atoms with E-state index in [2.05, 4.69) is 15.6 Å². The lowest BCUT2D eigenvalue weighted by atomic mass is 10.1. The summed E-state index contributed by atoms with van der Waals surface area (Å²) in [5.41, 5.74) is 1.95. The number of nitrogens with one attached hydrogen (secondary N) is 2. The summed E-state index contributed by atoms with van der Waals surface area (Å²) >= 11 is 0. The Hall–Kier alpha value is -3.74. The first kappa shape index (κ1) is 14.8. The SMILES string of the molecule is O=C1NC(=O)C(=Cc2nc(-c3ccccc3)n3ccccc23)C(=O)N1. The molecule has 3 aromatic rings. The van der Waals surface area contributed by atoms with Crippen molar-refractivity contribution in [3.8, 4) is 11.4 Å². The molecule has 1 aliphatic heterocycles. The van der Waals surface area contributed by atoms with E-state index in [1.165, 1.54) is 6.08 Å².